The van der Waals surface area contributed by atoms with E-state index in [9.17, 15) is 14.7 Å². The van der Waals surface area contributed by atoms with Gasteiger partial charge >= 0.3 is 6.09 Å². The molecule has 2 amide bonds. The Morgan fingerprint density at radius 1 is 1.05 bits per heavy atom. The third-order valence-electron chi connectivity index (χ3n) is 5.86. The number of carbonyl (C=O) groups excluding carboxylic acids is 2. The Labute approximate surface area is 227 Å². The molecule has 0 aliphatic carbocycles. The van der Waals surface area contributed by atoms with Gasteiger partial charge in [-0.1, -0.05) is 43.3 Å². The average Bonchev–Trinajstić information content (AvgIpc) is 2.94. The zero-order valence-electron chi connectivity index (χ0n) is 21.7. The van der Waals surface area contributed by atoms with Crippen molar-refractivity contribution in [1.29, 1.82) is 5.26 Å². The van der Waals surface area contributed by atoms with Crippen LogP contribution in [0.1, 0.15) is 37.0 Å². The maximum absolute atomic E-state index is 12.8. The number of para-hydroxylation sites is 3. The van der Waals surface area contributed by atoms with E-state index in [1.165, 1.54) is 6.08 Å². The van der Waals surface area contributed by atoms with E-state index in [-0.39, 0.29) is 25.0 Å². The van der Waals surface area contributed by atoms with Crippen molar-refractivity contribution in [2.45, 2.75) is 25.9 Å². The van der Waals surface area contributed by atoms with Gasteiger partial charge in [-0.25, -0.2) is 4.79 Å². The second-order valence-corrected chi connectivity index (χ2v) is 8.78. The summed E-state index contributed by atoms with van der Waals surface area (Å²) in [7, 11) is 0. The highest BCUT2D eigenvalue weighted by Gasteiger charge is 2.26. The van der Waals surface area contributed by atoms with Crippen LogP contribution < -0.4 is 21.1 Å². The third kappa shape index (κ3) is 8.91. The van der Waals surface area contributed by atoms with Crippen molar-refractivity contribution >= 4 is 29.1 Å². The minimum absolute atomic E-state index is 0.0966. The van der Waals surface area contributed by atoms with Crippen molar-refractivity contribution < 1.29 is 24.2 Å². The normalized spacial score (nSPS) is 12.2. The zero-order valence-corrected chi connectivity index (χ0v) is 21.7. The van der Waals surface area contributed by atoms with Crippen molar-refractivity contribution in [3.8, 4) is 11.8 Å². The Hall–Kier alpha value is -4.81. The number of aliphatic hydroxyl groups excluding tert-OH is 1. The second kappa shape index (κ2) is 14.8. The first-order valence-electron chi connectivity index (χ1n) is 12.5. The number of ether oxygens (including phenoxy) is 2. The summed E-state index contributed by atoms with van der Waals surface area (Å²) in [6.07, 6.45) is 3.02. The van der Waals surface area contributed by atoms with Crippen LogP contribution >= 0.6 is 0 Å². The quantitative estimate of drug-likeness (QED) is 0.181. The topological polar surface area (TPSA) is 147 Å². The molecule has 0 radical (unpaired) electrons. The van der Waals surface area contributed by atoms with Gasteiger partial charge in [0.25, 0.3) is 0 Å². The number of nitriles is 1. The van der Waals surface area contributed by atoms with Crippen molar-refractivity contribution in [3.63, 3.8) is 0 Å². The van der Waals surface area contributed by atoms with E-state index in [0.717, 1.165) is 0 Å². The Morgan fingerprint density at radius 2 is 1.77 bits per heavy atom. The molecule has 0 fully saturated rings. The summed E-state index contributed by atoms with van der Waals surface area (Å²) in [6.45, 7) is 1.89. The number of carbonyl (C=O) groups is 2. The summed E-state index contributed by atoms with van der Waals surface area (Å²) < 4.78 is 11.6. The maximum Gasteiger partial charge on any atom is 0.412 e. The molecule has 0 unspecified atom stereocenters. The fraction of sp³-hybridized carbons (Fsp3) is 0.233. The van der Waals surface area contributed by atoms with Gasteiger partial charge in [-0.3, -0.25) is 10.1 Å². The minimum atomic E-state index is -0.676. The van der Waals surface area contributed by atoms with E-state index in [1.54, 1.807) is 66.7 Å². The number of hydrogen-bond acceptors (Lipinski definition) is 7. The molecule has 0 aliphatic rings. The molecule has 3 aromatic rings. The van der Waals surface area contributed by atoms with Crippen LogP contribution in [0.25, 0.3) is 0 Å². The highest BCUT2D eigenvalue weighted by Crippen LogP contribution is 2.35. The van der Waals surface area contributed by atoms with Gasteiger partial charge in [0, 0.05) is 11.3 Å². The molecule has 9 heteroatoms. The first kappa shape index (κ1) is 28.8. The predicted octanol–water partition coefficient (Wildman–Crippen LogP) is 5.41. The van der Waals surface area contributed by atoms with Gasteiger partial charge in [0.2, 0.25) is 5.91 Å². The van der Waals surface area contributed by atoms with Crippen LogP contribution in [-0.2, 0) is 9.53 Å². The highest BCUT2D eigenvalue weighted by atomic mass is 16.6. The van der Waals surface area contributed by atoms with Gasteiger partial charge in [0.1, 0.15) is 18.5 Å². The molecule has 0 heterocycles. The number of anilines is 3. The summed E-state index contributed by atoms with van der Waals surface area (Å²) in [6, 6.07) is 22.7. The molecule has 0 aliphatic heterocycles. The largest absolute Gasteiger partial charge is 0.491 e. The number of nitrogens with two attached hydrogens (primary N) is 1. The van der Waals surface area contributed by atoms with E-state index in [0.29, 0.717) is 46.8 Å². The van der Waals surface area contributed by atoms with E-state index in [2.05, 4.69) is 10.6 Å². The molecule has 202 valence electrons. The number of allylic oxidation sites excluding steroid dienone is 1. The van der Waals surface area contributed by atoms with Crippen LogP contribution in [-0.4, -0.2) is 30.3 Å². The molecule has 3 aromatic carbocycles. The second-order valence-electron chi connectivity index (χ2n) is 8.78. The number of nitrogens with one attached hydrogen (secondary N) is 2. The zero-order chi connectivity index (χ0) is 28.0. The molecule has 0 aromatic heterocycles. The first-order valence-corrected chi connectivity index (χ1v) is 12.5. The van der Waals surface area contributed by atoms with Crippen LogP contribution in [0.5, 0.6) is 5.75 Å². The molecule has 2 atom stereocenters. The maximum atomic E-state index is 12.8. The van der Waals surface area contributed by atoms with Crippen molar-refractivity contribution in [3.05, 3.63) is 96.1 Å². The lowest BCUT2D eigenvalue weighted by molar-refractivity contribution is -0.111. The number of benzene rings is 3. The standard InChI is InChI=1S/C30H32N4O5/c1-21(8-2-7-13-28(36)34-26-11-5-4-10-25(26)32)29(24-9-3-6-12-27(24)38-19-18-35)39-30(37)33-23-16-14-22(20-31)15-17-23/h3-7,9-17,21,29,35H,2,8,18-19,32H2,1H3,(H,33,37)(H,34,36)/b13-7+/t21-,29-/m0/s1. The number of hydrogen-bond donors (Lipinski definition) is 4. The Kier molecular flexibility index (Phi) is 10.9. The molecule has 0 spiro atoms. The van der Waals surface area contributed by atoms with E-state index in [4.69, 9.17) is 20.5 Å². The van der Waals surface area contributed by atoms with E-state index < -0.39 is 12.2 Å². The van der Waals surface area contributed by atoms with Crippen LogP contribution in [0.2, 0.25) is 0 Å². The molecule has 3 rings (SSSR count). The number of nitrogen functional groups attached to an aromatic ring is 1. The van der Waals surface area contributed by atoms with Gasteiger partial charge < -0.3 is 25.6 Å². The summed E-state index contributed by atoms with van der Waals surface area (Å²) in [5, 5.41) is 23.6. The van der Waals surface area contributed by atoms with Gasteiger partial charge in [0.05, 0.1) is 29.6 Å². The first-order chi connectivity index (χ1) is 18.9. The molecule has 9 nitrogen and oxygen atoms in total. The molecule has 0 bridgehead atoms. The monoisotopic (exact) mass is 528 g/mol. The van der Waals surface area contributed by atoms with Gasteiger partial charge in [-0.2, -0.15) is 5.26 Å². The average molecular weight is 529 g/mol. The van der Waals surface area contributed by atoms with E-state index >= 15 is 0 Å². The smallest absolute Gasteiger partial charge is 0.412 e. The van der Waals surface area contributed by atoms with Crippen molar-refractivity contribution in [2.24, 2.45) is 5.92 Å². The fourth-order valence-corrected chi connectivity index (χ4v) is 3.87. The van der Waals surface area contributed by atoms with Gasteiger partial charge in [-0.15, -0.1) is 0 Å². The Bertz CT molecular complexity index is 1320. The van der Waals surface area contributed by atoms with Crippen molar-refractivity contribution in [2.75, 3.05) is 29.6 Å². The lowest BCUT2D eigenvalue weighted by Crippen LogP contribution is -2.22. The Balaban J connectivity index is 1.69. The number of amides is 2. The predicted molar refractivity (Wildman–Crippen MR) is 150 cm³/mol. The minimum Gasteiger partial charge on any atom is -0.491 e. The fourth-order valence-electron chi connectivity index (χ4n) is 3.87. The summed E-state index contributed by atoms with van der Waals surface area (Å²) in [5.41, 5.74) is 8.52. The van der Waals surface area contributed by atoms with Gasteiger partial charge in [0.15, 0.2) is 0 Å². The van der Waals surface area contributed by atoms with Crippen molar-refractivity contribution in [1.82, 2.24) is 0 Å². The van der Waals surface area contributed by atoms with Gasteiger partial charge in [-0.05, 0) is 67.3 Å². The molecular weight excluding hydrogens is 496 g/mol. The molecular formula is C30H32N4O5. The molecule has 0 saturated heterocycles. The SMILES string of the molecule is C[C@@H](CC/C=C/C(=O)Nc1ccccc1N)[C@H](OC(=O)Nc1ccc(C#N)cc1)c1ccccc1OCCO. The molecule has 0 saturated carbocycles. The number of nitrogens with zero attached hydrogens (tertiary/aromatic N) is 1. The van der Waals surface area contributed by atoms with Crippen LogP contribution in [0, 0.1) is 17.2 Å². The lowest BCUT2D eigenvalue weighted by Gasteiger charge is -2.26. The van der Waals surface area contributed by atoms with E-state index in [1.807, 2.05) is 25.1 Å². The lowest BCUT2D eigenvalue weighted by atomic mass is 9.92. The third-order valence-corrected chi connectivity index (χ3v) is 5.86. The summed E-state index contributed by atoms with van der Waals surface area (Å²) in [5.74, 6) is 0.0518. The summed E-state index contributed by atoms with van der Waals surface area (Å²) in [4.78, 5) is 25.1. The molecule has 5 N–H and O–H groups in total. The Morgan fingerprint density at radius 3 is 2.49 bits per heavy atom. The molecule has 39 heavy (non-hydrogen) atoms. The number of aliphatic hydroxyl groups is 1. The van der Waals surface area contributed by atoms with Crippen LogP contribution in [0.15, 0.2) is 84.9 Å². The summed E-state index contributed by atoms with van der Waals surface area (Å²) >= 11 is 0. The highest BCUT2D eigenvalue weighted by molar-refractivity contribution is 6.01. The van der Waals surface area contributed by atoms with Crippen LogP contribution in [0.4, 0.5) is 21.9 Å². The number of rotatable bonds is 12. The van der Waals surface area contributed by atoms with Crippen LogP contribution in [0.3, 0.4) is 0 Å².